The Hall–Kier alpha value is -2.44. The first-order valence-corrected chi connectivity index (χ1v) is 6.62. The first kappa shape index (κ1) is 17.6. The number of nitrogens with one attached hydrogen (secondary N) is 1. The number of amides is 1. The maximum absolute atomic E-state index is 11.8. The number of rotatable bonds is 5. The third-order valence-electron chi connectivity index (χ3n) is 2.66. The molecule has 0 saturated heterocycles. The fourth-order valence-corrected chi connectivity index (χ4v) is 1.76. The summed E-state index contributed by atoms with van der Waals surface area (Å²) in [4.78, 5) is 23.3. The highest BCUT2D eigenvalue weighted by Crippen LogP contribution is 2.29. The lowest BCUT2D eigenvalue weighted by atomic mass is 10.1. The zero-order valence-electron chi connectivity index (χ0n) is 13.3. The predicted molar refractivity (Wildman–Crippen MR) is 79.3 cm³/mol. The summed E-state index contributed by atoms with van der Waals surface area (Å²) in [5.74, 6) is -0.463. The highest BCUT2D eigenvalue weighted by Gasteiger charge is 2.28. The van der Waals surface area contributed by atoms with Crippen molar-refractivity contribution >= 4 is 12.1 Å². The van der Waals surface area contributed by atoms with Crippen molar-refractivity contribution in [1.82, 2.24) is 5.32 Å². The van der Waals surface area contributed by atoms with E-state index in [4.69, 9.17) is 14.2 Å². The minimum absolute atomic E-state index is 0.264. The van der Waals surface area contributed by atoms with Crippen LogP contribution in [0.2, 0.25) is 0 Å². The average molecular weight is 311 g/mol. The molecule has 1 aromatic carbocycles. The zero-order valence-corrected chi connectivity index (χ0v) is 13.3. The largest absolute Gasteiger partial charge is 0.497 e. The minimum atomic E-state index is -1.32. The topological polar surface area (TPSA) is 94.1 Å². The average Bonchev–Trinajstić information content (AvgIpc) is 2.41. The quantitative estimate of drug-likeness (QED) is 0.867. The first-order chi connectivity index (χ1) is 10.2. The molecule has 0 radical (unpaired) electrons. The summed E-state index contributed by atoms with van der Waals surface area (Å²) in [5.41, 5.74) is -0.466. The van der Waals surface area contributed by atoms with E-state index in [1.54, 1.807) is 32.9 Å². The maximum Gasteiger partial charge on any atom is 0.408 e. The molecule has 0 heterocycles. The van der Waals surface area contributed by atoms with Crippen LogP contribution in [0.5, 0.6) is 11.5 Å². The molecule has 0 aromatic heterocycles. The molecule has 2 N–H and O–H groups in total. The number of alkyl carbamates (subject to hydrolysis) is 1. The molecule has 0 unspecified atom stereocenters. The molecule has 0 saturated carbocycles. The Bertz CT molecular complexity index is 549. The lowest BCUT2D eigenvalue weighted by molar-refractivity contribution is -0.139. The van der Waals surface area contributed by atoms with Crippen LogP contribution < -0.4 is 14.8 Å². The van der Waals surface area contributed by atoms with Gasteiger partial charge in [0.1, 0.15) is 17.1 Å². The van der Waals surface area contributed by atoms with Crippen molar-refractivity contribution in [1.29, 1.82) is 0 Å². The number of hydrogen-bond acceptors (Lipinski definition) is 5. The number of carbonyl (C=O) groups excluding carboxylic acids is 1. The third kappa shape index (κ3) is 4.83. The normalized spacial score (nSPS) is 12.2. The van der Waals surface area contributed by atoms with E-state index in [2.05, 4.69) is 5.32 Å². The van der Waals surface area contributed by atoms with Crippen molar-refractivity contribution < 1.29 is 28.9 Å². The Labute approximate surface area is 129 Å². The number of methoxy groups -OCH3 is 2. The van der Waals surface area contributed by atoms with Crippen molar-refractivity contribution in [3.63, 3.8) is 0 Å². The van der Waals surface area contributed by atoms with Crippen molar-refractivity contribution in [2.75, 3.05) is 14.2 Å². The van der Waals surface area contributed by atoms with Gasteiger partial charge in [-0.1, -0.05) is 0 Å². The molecule has 1 aromatic rings. The Balaban J connectivity index is 3.10. The first-order valence-electron chi connectivity index (χ1n) is 6.62. The number of carboxylic acid groups (broad SMARTS) is 1. The molecule has 1 rings (SSSR count). The molecular weight excluding hydrogens is 290 g/mol. The summed E-state index contributed by atoms with van der Waals surface area (Å²) in [6.07, 6.45) is -0.829. The van der Waals surface area contributed by atoms with E-state index < -0.39 is 23.7 Å². The number of carboxylic acids is 1. The standard InChI is InChI=1S/C15H21NO6/c1-15(2,3)22-14(19)16-12(13(17)18)10-8-9(20-4)6-7-11(10)21-5/h6-8,12H,1-5H3,(H,16,19)(H,17,18)/t12-/m1/s1. The summed E-state index contributed by atoms with van der Waals surface area (Å²) in [6.45, 7) is 5.07. The molecule has 22 heavy (non-hydrogen) atoms. The number of ether oxygens (including phenoxy) is 3. The van der Waals surface area contributed by atoms with Gasteiger partial charge in [0.05, 0.1) is 14.2 Å². The summed E-state index contributed by atoms with van der Waals surface area (Å²) in [6, 6.07) is 3.38. The van der Waals surface area contributed by atoms with E-state index in [0.29, 0.717) is 11.5 Å². The van der Waals surface area contributed by atoms with Crippen LogP contribution in [0.1, 0.15) is 32.4 Å². The van der Waals surface area contributed by atoms with Crippen molar-refractivity contribution in [2.24, 2.45) is 0 Å². The van der Waals surface area contributed by atoms with E-state index in [1.165, 1.54) is 20.3 Å². The SMILES string of the molecule is COc1ccc(OC)c([C@@H](NC(=O)OC(C)(C)C)C(=O)O)c1. The van der Waals surface area contributed by atoms with Gasteiger partial charge in [0.25, 0.3) is 0 Å². The highest BCUT2D eigenvalue weighted by molar-refractivity contribution is 5.82. The molecule has 0 aliphatic heterocycles. The predicted octanol–water partition coefficient (Wildman–Crippen LogP) is 2.35. The number of benzene rings is 1. The second kappa shape index (κ2) is 7.02. The summed E-state index contributed by atoms with van der Waals surface area (Å²) >= 11 is 0. The second-order valence-electron chi connectivity index (χ2n) is 5.53. The number of aliphatic carboxylic acids is 1. The Morgan fingerprint density at radius 3 is 2.27 bits per heavy atom. The molecule has 122 valence electrons. The van der Waals surface area contributed by atoms with Gasteiger partial charge in [-0.15, -0.1) is 0 Å². The fourth-order valence-electron chi connectivity index (χ4n) is 1.76. The van der Waals surface area contributed by atoms with Crippen molar-refractivity contribution in [3.05, 3.63) is 23.8 Å². The summed E-state index contributed by atoms with van der Waals surface area (Å²) < 4.78 is 15.3. The monoisotopic (exact) mass is 311 g/mol. The molecular formula is C15H21NO6. The highest BCUT2D eigenvalue weighted by atomic mass is 16.6. The molecule has 1 amide bonds. The molecule has 0 bridgehead atoms. The maximum atomic E-state index is 11.8. The molecule has 7 heteroatoms. The van der Waals surface area contributed by atoms with Crippen LogP contribution in [-0.4, -0.2) is 37.0 Å². The molecule has 0 fully saturated rings. The van der Waals surface area contributed by atoms with Crippen LogP contribution in [0.3, 0.4) is 0 Å². The smallest absolute Gasteiger partial charge is 0.408 e. The minimum Gasteiger partial charge on any atom is -0.497 e. The van der Waals surface area contributed by atoms with E-state index in [9.17, 15) is 14.7 Å². The lowest BCUT2D eigenvalue weighted by Crippen LogP contribution is -2.38. The zero-order chi connectivity index (χ0) is 16.9. The second-order valence-corrected chi connectivity index (χ2v) is 5.53. The van der Waals surface area contributed by atoms with Gasteiger partial charge < -0.3 is 24.6 Å². The fraction of sp³-hybridized carbons (Fsp3) is 0.467. The van der Waals surface area contributed by atoms with E-state index >= 15 is 0 Å². The van der Waals surface area contributed by atoms with Gasteiger partial charge in [0.2, 0.25) is 0 Å². The van der Waals surface area contributed by atoms with E-state index in [1.807, 2.05) is 0 Å². The van der Waals surface area contributed by atoms with Gasteiger partial charge >= 0.3 is 12.1 Å². The molecule has 0 aliphatic rings. The van der Waals surface area contributed by atoms with Crippen LogP contribution >= 0.6 is 0 Å². The van der Waals surface area contributed by atoms with Gasteiger partial charge in [-0.2, -0.15) is 0 Å². The van der Waals surface area contributed by atoms with Crippen LogP contribution in [0.15, 0.2) is 18.2 Å². The Morgan fingerprint density at radius 1 is 1.18 bits per heavy atom. The number of carbonyl (C=O) groups is 2. The third-order valence-corrected chi connectivity index (χ3v) is 2.66. The Morgan fingerprint density at radius 2 is 1.82 bits per heavy atom. The van der Waals surface area contributed by atoms with Crippen LogP contribution in [-0.2, 0) is 9.53 Å². The molecule has 0 spiro atoms. The van der Waals surface area contributed by atoms with Crippen LogP contribution in [0.25, 0.3) is 0 Å². The molecule has 0 aliphatic carbocycles. The van der Waals surface area contributed by atoms with Gasteiger partial charge in [-0.05, 0) is 39.0 Å². The molecule has 7 nitrogen and oxygen atoms in total. The molecule has 1 atom stereocenters. The van der Waals surface area contributed by atoms with E-state index in [-0.39, 0.29) is 5.56 Å². The van der Waals surface area contributed by atoms with Gasteiger partial charge in [-0.25, -0.2) is 9.59 Å². The summed E-state index contributed by atoms with van der Waals surface area (Å²) in [7, 11) is 2.88. The van der Waals surface area contributed by atoms with Crippen molar-refractivity contribution in [3.8, 4) is 11.5 Å². The van der Waals surface area contributed by atoms with Gasteiger partial charge in [0.15, 0.2) is 6.04 Å². The van der Waals surface area contributed by atoms with Gasteiger partial charge in [0, 0.05) is 5.56 Å². The van der Waals surface area contributed by atoms with Crippen LogP contribution in [0.4, 0.5) is 4.79 Å². The Kier molecular flexibility index (Phi) is 5.62. The van der Waals surface area contributed by atoms with Crippen molar-refractivity contribution in [2.45, 2.75) is 32.4 Å². The summed E-state index contributed by atoms with van der Waals surface area (Å²) in [5, 5.41) is 11.7. The lowest BCUT2D eigenvalue weighted by Gasteiger charge is -2.23. The van der Waals surface area contributed by atoms with Gasteiger partial charge in [-0.3, -0.25) is 0 Å². The van der Waals surface area contributed by atoms with E-state index in [0.717, 1.165) is 0 Å². The number of hydrogen-bond donors (Lipinski definition) is 2. The van der Waals surface area contributed by atoms with Crippen LogP contribution in [0, 0.1) is 0 Å².